The molecule has 0 aliphatic rings. The van der Waals surface area contributed by atoms with Crippen LogP contribution in [0.2, 0.25) is 0 Å². The van der Waals surface area contributed by atoms with Gasteiger partial charge < -0.3 is 14.6 Å². The van der Waals surface area contributed by atoms with Gasteiger partial charge in [-0.25, -0.2) is 9.78 Å². The highest BCUT2D eigenvalue weighted by atomic mass is 32.2. The number of carbonyl (C=O) groups excluding carboxylic acids is 1. The van der Waals surface area contributed by atoms with E-state index in [1.807, 2.05) is 35.1 Å². The maximum absolute atomic E-state index is 12.4. The quantitative estimate of drug-likeness (QED) is 0.878. The Morgan fingerprint density at radius 3 is 2.73 bits per heavy atom. The number of aliphatic carboxylic acids is 1. The summed E-state index contributed by atoms with van der Waals surface area (Å²) in [5, 5.41) is 9.02. The first-order valence-electron chi connectivity index (χ1n) is 6.87. The minimum absolute atomic E-state index is 0.0878. The molecule has 2 rings (SSSR count). The minimum Gasteiger partial charge on any atom is -0.480 e. The fraction of sp³-hybridized carbons (Fsp3) is 0.400. The molecule has 1 amide bonds. The van der Waals surface area contributed by atoms with Gasteiger partial charge in [-0.05, 0) is 25.3 Å². The van der Waals surface area contributed by atoms with E-state index in [4.69, 9.17) is 5.11 Å². The van der Waals surface area contributed by atoms with E-state index in [0.717, 1.165) is 16.9 Å². The number of hydrogen-bond acceptors (Lipinski definition) is 4. The lowest BCUT2D eigenvalue weighted by molar-refractivity contribution is -0.148. The maximum atomic E-state index is 12.4. The molecular weight excluding hydrogens is 302 g/mol. The van der Waals surface area contributed by atoms with Gasteiger partial charge in [0.1, 0.15) is 18.4 Å². The first-order valence-corrected chi connectivity index (χ1v) is 8.26. The summed E-state index contributed by atoms with van der Waals surface area (Å²) in [7, 11) is 1.51. The Morgan fingerprint density at radius 1 is 1.41 bits per heavy atom. The molecule has 0 saturated heterocycles. The Balaban J connectivity index is 2.31. The Morgan fingerprint density at radius 2 is 2.09 bits per heavy atom. The van der Waals surface area contributed by atoms with Gasteiger partial charge in [0.15, 0.2) is 0 Å². The Hall–Kier alpha value is -2.02. The topological polar surface area (TPSA) is 75.4 Å². The largest absolute Gasteiger partial charge is 0.480 e. The molecule has 0 spiro atoms. The van der Waals surface area contributed by atoms with Crippen LogP contribution < -0.4 is 0 Å². The molecule has 1 atom stereocenters. The van der Waals surface area contributed by atoms with Crippen LogP contribution in [0.25, 0.3) is 11.0 Å². The third-order valence-corrected chi connectivity index (χ3v) is 4.18. The molecule has 7 heteroatoms. The first-order chi connectivity index (χ1) is 10.5. The second-order valence-corrected chi connectivity index (χ2v) is 5.92. The van der Waals surface area contributed by atoms with Crippen molar-refractivity contribution in [1.29, 1.82) is 0 Å². The number of nitrogens with zero attached hydrogens (tertiary/aromatic N) is 3. The van der Waals surface area contributed by atoms with Gasteiger partial charge >= 0.3 is 5.97 Å². The Labute approximate surface area is 133 Å². The van der Waals surface area contributed by atoms with Crippen molar-refractivity contribution in [1.82, 2.24) is 14.5 Å². The molecule has 0 fully saturated rings. The molecule has 0 aliphatic heterocycles. The zero-order chi connectivity index (χ0) is 16.3. The molecule has 0 aliphatic carbocycles. The van der Waals surface area contributed by atoms with Crippen LogP contribution in [0.1, 0.15) is 12.7 Å². The number of aromatic nitrogens is 2. The summed E-state index contributed by atoms with van der Waals surface area (Å²) in [6, 6.07) is 6.77. The van der Waals surface area contributed by atoms with Crippen molar-refractivity contribution in [2.75, 3.05) is 13.3 Å². The van der Waals surface area contributed by atoms with Gasteiger partial charge in [0.2, 0.25) is 5.91 Å². The smallest absolute Gasteiger partial charge is 0.326 e. The monoisotopic (exact) mass is 321 g/mol. The van der Waals surface area contributed by atoms with Crippen LogP contribution in [-0.2, 0) is 21.9 Å². The van der Waals surface area contributed by atoms with E-state index in [0.29, 0.717) is 5.75 Å². The minimum atomic E-state index is -1.02. The molecular formula is C15H19N3O3S. The van der Waals surface area contributed by atoms with E-state index in [1.54, 1.807) is 11.8 Å². The van der Waals surface area contributed by atoms with Crippen LogP contribution in [-0.4, -0.2) is 50.8 Å². The van der Waals surface area contributed by atoms with Crippen LogP contribution in [0.15, 0.2) is 24.3 Å². The van der Waals surface area contributed by atoms with Crippen LogP contribution >= 0.6 is 11.8 Å². The summed E-state index contributed by atoms with van der Waals surface area (Å²) >= 11 is 1.63. The average molecular weight is 321 g/mol. The van der Waals surface area contributed by atoms with E-state index in [9.17, 15) is 9.59 Å². The summed E-state index contributed by atoms with van der Waals surface area (Å²) in [4.78, 5) is 29.2. The lowest BCUT2D eigenvalue weighted by atomic mass is 10.3. The number of carboxylic acids is 1. The van der Waals surface area contributed by atoms with Gasteiger partial charge in [0.25, 0.3) is 0 Å². The first kappa shape index (κ1) is 16.4. The van der Waals surface area contributed by atoms with Crippen LogP contribution in [0, 0.1) is 0 Å². The van der Waals surface area contributed by atoms with Crippen molar-refractivity contribution < 1.29 is 14.7 Å². The summed E-state index contributed by atoms with van der Waals surface area (Å²) in [6.07, 6.45) is 1.98. The van der Waals surface area contributed by atoms with E-state index >= 15 is 0 Å². The number of fused-ring (bicyclic) bond motifs is 1. The van der Waals surface area contributed by atoms with Crippen LogP contribution in [0.5, 0.6) is 0 Å². The Kier molecular flexibility index (Phi) is 5.07. The molecule has 2 aromatic rings. The van der Waals surface area contributed by atoms with Gasteiger partial charge in [-0.2, -0.15) is 11.8 Å². The number of amides is 1. The average Bonchev–Trinajstić information content (AvgIpc) is 2.84. The van der Waals surface area contributed by atoms with Crippen molar-refractivity contribution in [3.8, 4) is 0 Å². The predicted octanol–water partition coefficient (Wildman–Crippen LogP) is 1.83. The third-order valence-electron chi connectivity index (χ3n) is 3.63. The van der Waals surface area contributed by atoms with E-state index in [1.165, 1.54) is 18.9 Å². The lowest BCUT2D eigenvalue weighted by Crippen LogP contribution is -2.42. The zero-order valence-corrected chi connectivity index (χ0v) is 13.6. The lowest BCUT2D eigenvalue weighted by Gasteiger charge is -2.22. The second-order valence-electron chi connectivity index (χ2n) is 5.05. The normalized spacial score (nSPS) is 12.3. The molecule has 0 saturated carbocycles. The van der Waals surface area contributed by atoms with Crippen LogP contribution in [0.4, 0.5) is 0 Å². The summed E-state index contributed by atoms with van der Waals surface area (Å²) < 4.78 is 1.86. The number of thioether (sulfide) groups is 1. The number of carboxylic acid groups (broad SMARTS) is 1. The number of imidazole rings is 1. The molecule has 1 aromatic carbocycles. The molecule has 1 aromatic heterocycles. The standard InChI is InChI=1S/C15H19N3O3S/c1-10(15(20)21)17(2)14(19)8-18-12-7-5-4-6-11(12)16-13(18)9-22-3/h4-7,10H,8-9H2,1-3H3,(H,20,21). The number of rotatable bonds is 6. The van der Waals surface area contributed by atoms with E-state index < -0.39 is 12.0 Å². The molecule has 118 valence electrons. The van der Waals surface area contributed by atoms with Gasteiger partial charge in [-0.3, -0.25) is 4.79 Å². The molecule has 0 radical (unpaired) electrons. The van der Waals surface area contributed by atoms with Crippen molar-refractivity contribution in [3.63, 3.8) is 0 Å². The highest BCUT2D eigenvalue weighted by Crippen LogP contribution is 2.19. The van der Waals surface area contributed by atoms with E-state index in [2.05, 4.69) is 4.98 Å². The number of carbonyl (C=O) groups is 2. The summed E-state index contributed by atoms with van der Waals surface area (Å²) in [5.74, 6) is 0.245. The second kappa shape index (κ2) is 6.83. The zero-order valence-electron chi connectivity index (χ0n) is 12.8. The molecule has 1 unspecified atom stereocenters. The Bertz CT molecular complexity index is 698. The summed E-state index contributed by atoms with van der Waals surface area (Å²) in [5.41, 5.74) is 1.73. The van der Waals surface area contributed by atoms with Gasteiger partial charge in [0, 0.05) is 7.05 Å². The molecule has 1 N–H and O–H groups in total. The number of benzene rings is 1. The van der Waals surface area contributed by atoms with Gasteiger partial charge in [-0.1, -0.05) is 12.1 Å². The SMILES string of the molecule is CSCc1nc2ccccc2n1CC(=O)N(C)C(C)C(=O)O. The molecule has 22 heavy (non-hydrogen) atoms. The van der Waals surface area contributed by atoms with Crippen molar-refractivity contribution >= 4 is 34.7 Å². The predicted molar refractivity (Wildman–Crippen MR) is 86.8 cm³/mol. The highest BCUT2D eigenvalue weighted by Gasteiger charge is 2.23. The maximum Gasteiger partial charge on any atom is 0.326 e. The number of para-hydroxylation sites is 2. The summed E-state index contributed by atoms with van der Waals surface area (Å²) in [6.45, 7) is 1.58. The van der Waals surface area contributed by atoms with Gasteiger partial charge in [0.05, 0.1) is 16.8 Å². The fourth-order valence-corrected chi connectivity index (χ4v) is 2.65. The highest BCUT2D eigenvalue weighted by molar-refractivity contribution is 7.97. The third kappa shape index (κ3) is 3.24. The number of hydrogen-bond donors (Lipinski definition) is 1. The van der Waals surface area contributed by atoms with Crippen molar-refractivity contribution in [2.24, 2.45) is 0 Å². The van der Waals surface area contributed by atoms with E-state index in [-0.39, 0.29) is 12.5 Å². The van der Waals surface area contributed by atoms with Crippen molar-refractivity contribution in [2.45, 2.75) is 25.3 Å². The molecule has 1 heterocycles. The van der Waals surface area contributed by atoms with Crippen LogP contribution in [0.3, 0.4) is 0 Å². The fourth-order valence-electron chi connectivity index (χ4n) is 2.17. The van der Waals surface area contributed by atoms with Crippen molar-refractivity contribution in [3.05, 3.63) is 30.1 Å². The molecule has 6 nitrogen and oxygen atoms in total. The van der Waals surface area contributed by atoms with Gasteiger partial charge in [-0.15, -0.1) is 0 Å². The molecule has 0 bridgehead atoms. The number of likely N-dealkylation sites (N-methyl/N-ethyl adjacent to an activating group) is 1.